The smallest absolute Gasteiger partial charge is 0.312 e. The number of nitriles is 2. The van der Waals surface area contributed by atoms with Crippen LogP contribution in [0.2, 0.25) is 0 Å². The Hall–Kier alpha value is -2.64. The van der Waals surface area contributed by atoms with Crippen LogP contribution in [0.4, 0.5) is 5.69 Å². The second kappa shape index (κ2) is 6.50. The molecule has 0 spiro atoms. The molecule has 20 heavy (non-hydrogen) atoms. The van der Waals surface area contributed by atoms with Gasteiger partial charge in [0.15, 0.2) is 5.75 Å². The summed E-state index contributed by atoms with van der Waals surface area (Å²) >= 11 is 0. The van der Waals surface area contributed by atoms with Gasteiger partial charge in [0.25, 0.3) is 0 Å². The maximum absolute atomic E-state index is 10.9. The first-order valence-electron chi connectivity index (χ1n) is 5.91. The van der Waals surface area contributed by atoms with Crippen molar-refractivity contribution >= 4 is 5.69 Å². The minimum Gasteiger partial charge on any atom is -0.487 e. The van der Waals surface area contributed by atoms with Crippen LogP contribution in [0, 0.1) is 32.8 Å². The first-order valence-corrected chi connectivity index (χ1v) is 5.91. The maximum Gasteiger partial charge on any atom is 0.312 e. The third-order valence-electron chi connectivity index (χ3n) is 2.64. The largest absolute Gasteiger partial charge is 0.487 e. The molecule has 7 nitrogen and oxygen atoms in total. The molecule has 1 unspecified atom stereocenters. The molecule has 0 amide bonds. The first-order chi connectivity index (χ1) is 9.39. The molecule has 0 saturated heterocycles. The van der Waals surface area contributed by atoms with Crippen LogP contribution < -0.4 is 10.5 Å². The highest BCUT2D eigenvalue weighted by Crippen LogP contribution is 2.28. The standard InChI is InChI=1S/C13H14N4O3/c1-13(16,9-15)5-2-6-20-12-4-3-10(8-14)7-11(12)17(18)19/h3-4,7H,2,5-6,16H2,1H3. The van der Waals surface area contributed by atoms with E-state index in [9.17, 15) is 10.1 Å². The predicted octanol–water partition coefficient (Wildman–Crippen LogP) is 1.87. The van der Waals surface area contributed by atoms with E-state index in [1.165, 1.54) is 12.1 Å². The number of hydrogen-bond acceptors (Lipinski definition) is 6. The normalized spacial score (nSPS) is 12.8. The van der Waals surface area contributed by atoms with Crippen molar-refractivity contribution in [3.8, 4) is 17.9 Å². The quantitative estimate of drug-likeness (QED) is 0.479. The molecule has 0 heterocycles. The summed E-state index contributed by atoms with van der Waals surface area (Å²) in [6, 6.07) is 7.80. The fourth-order valence-electron chi connectivity index (χ4n) is 1.53. The van der Waals surface area contributed by atoms with Crippen molar-refractivity contribution in [2.45, 2.75) is 25.3 Å². The summed E-state index contributed by atoms with van der Waals surface area (Å²) in [5, 5.41) is 28.3. The van der Waals surface area contributed by atoms with Gasteiger partial charge < -0.3 is 10.5 Å². The maximum atomic E-state index is 10.9. The van der Waals surface area contributed by atoms with E-state index in [4.69, 9.17) is 21.0 Å². The Bertz CT molecular complexity index is 584. The molecular weight excluding hydrogens is 260 g/mol. The molecule has 1 atom stereocenters. The lowest BCUT2D eigenvalue weighted by molar-refractivity contribution is -0.385. The molecule has 0 aliphatic heterocycles. The van der Waals surface area contributed by atoms with Crippen molar-refractivity contribution in [3.05, 3.63) is 33.9 Å². The Balaban J connectivity index is 2.68. The van der Waals surface area contributed by atoms with E-state index < -0.39 is 10.5 Å². The summed E-state index contributed by atoms with van der Waals surface area (Å²) in [5.41, 5.74) is 4.67. The molecule has 0 radical (unpaired) electrons. The summed E-state index contributed by atoms with van der Waals surface area (Å²) in [4.78, 5) is 10.3. The van der Waals surface area contributed by atoms with Gasteiger partial charge in [-0.15, -0.1) is 0 Å². The van der Waals surface area contributed by atoms with Gasteiger partial charge in [-0.25, -0.2) is 0 Å². The van der Waals surface area contributed by atoms with Crippen LogP contribution in [0.25, 0.3) is 0 Å². The van der Waals surface area contributed by atoms with Gasteiger partial charge in [0.1, 0.15) is 5.54 Å². The third kappa shape index (κ3) is 4.23. The van der Waals surface area contributed by atoms with E-state index in [0.717, 1.165) is 6.07 Å². The van der Waals surface area contributed by atoms with Crippen LogP contribution in [0.1, 0.15) is 25.3 Å². The van der Waals surface area contributed by atoms with Gasteiger partial charge >= 0.3 is 5.69 Å². The van der Waals surface area contributed by atoms with Crippen molar-refractivity contribution in [2.75, 3.05) is 6.61 Å². The van der Waals surface area contributed by atoms with Crippen molar-refractivity contribution in [1.82, 2.24) is 0 Å². The number of hydrogen-bond donors (Lipinski definition) is 1. The summed E-state index contributed by atoms with van der Waals surface area (Å²) in [5.74, 6) is 0.102. The minimum atomic E-state index is -0.931. The van der Waals surface area contributed by atoms with Crippen molar-refractivity contribution in [2.24, 2.45) is 5.73 Å². The van der Waals surface area contributed by atoms with Crippen LogP contribution in [0.3, 0.4) is 0 Å². The average Bonchev–Trinajstić information content (AvgIpc) is 2.43. The summed E-state index contributed by atoms with van der Waals surface area (Å²) in [6.45, 7) is 1.82. The zero-order valence-electron chi connectivity index (χ0n) is 11.0. The number of ether oxygens (including phenoxy) is 1. The topological polar surface area (TPSA) is 126 Å². The van der Waals surface area contributed by atoms with Crippen LogP contribution in [-0.4, -0.2) is 17.1 Å². The Morgan fingerprint density at radius 3 is 2.75 bits per heavy atom. The second-order valence-electron chi connectivity index (χ2n) is 4.53. The summed E-state index contributed by atoms with van der Waals surface area (Å²) in [6.07, 6.45) is 0.922. The first kappa shape index (κ1) is 15.4. The van der Waals surface area contributed by atoms with Gasteiger partial charge in [-0.2, -0.15) is 10.5 Å². The van der Waals surface area contributed by atoms with E-state index in [-0.39, 0.29) is 23.6 Å². The van der Waals surface area contributed by atoms with Gasteiger partial charge in [-0.3, -0.25) is 10.1 Å². The molecule has 0 saturated carbocycles. The SMILES string of the molecule is CC(N)(C#N)CCCOc1ccc(C#N)cc1[N+](=O)[O-]. The summed E-state index contributed by atoms with van der Waals surface area (Å²) < 4.78 is 5.32. The molecule has 7 heteroatoms. The molecule has 1 aromatic carbocycles. The van der Waals surface area contributed by atoms with Gasteiger partial charge in [0, 0.05) is 6.07 Å². The number of nitrogens with zero attached hydrogens (tertiary/aromatic N) is 3. The van der Waals surface area contributed by atoms with Crippen molar-refractivity contribution in [3.63, 3.8) is 0 Å². The van der Waals surface area contributed by atoms with Crippen LogP contribution in [-0.2, 0) is 0 Å². The molecule has 0 aromatic heterocycles. The Labute approximate surface area is 116 Å². The van der Waals surface area contributed by atoms with E-state index in [1.54, 1.807) is 6.92 Å². The van der Waals surface area contributed by atoms with Crippen LogP contribution in [0.15, 0.2) is 18.2 Å². The van der Waals surface area contributed by atoms with Gasteiger partial charge in [-0.1, -0.05) is 0 Å². The molecule has 0 aliphatic carbocycles. The molecule has 1 rings (SSSR count). The monoisotopic (exact) mass is 274 g/mol. The Morgan fingerprint density at radius 2 is 2.20 bits per heavy atom. The van der Waals surface area contributed by atoms with Crippen molar-refractivity contribution in [1.29, 1.82) is 10.5 Å². The Kier molecular flexibility index (Phi) is 5.01. The lowest BCUT2D eigenvalue weighted by Gasteiger charge is -2.14. The second-order valence-corrected chi connectivity index (χ2v) is 4.53. The van der Waals surface area contributed by atoms with Crippen LogP contribution in [0.5, 0.6) is 5.75 Å². The molecule has 2 N–H and O–H groups in total. The van der Waals surface area contributed by atoms with Gasteiger partial charge in [0.2, 0.25) is 0 Å². The van der Waals surface area contributed by atoms with Gasteiger partial charge in [-0.05, 0) is 31.9 Å². The van der Waals surface area contributed by atoms with Crippen molar-refractivity contribution < 1.29 is 9.66 Å². The minimum absolute atomic E-state index is 0.102. The van der Waals surface area contributed by atoms with E-state index in [0.29, 0.717) is 12.8 Å². The lowest BCUT2D eigenvalue weighted by Crippen LogP contribution is -2.34. The molecule has 0 bridgehead atoms. The molecule has 1 aromatic rings. The van der Waals surface area contributed by atoms with Gasteiger partial charge in [0.05, 0.1) is 29.2 Å². The fourth-order valence-corrected chi connectivity index (χ4v) is 1.53. The van der Waals surface area contributed by atoms with E-state index in [1.807, 2.05) is 12.1 Å². The highest BCUT2D eigenvalue weighted by molar-refractivity contribution is 5.51. The number of nitro benzene ring substituents is 1. The van der Waals surface area contributed by atoms with E-state index in [2.05, 4.69) is 0 Å². The highest BCUT2D eigenvalue weighted by Gasteiger charge is 2.18. The highest BCUT2D eigenvalue weighted by atomic mass is 16.6. The average molecular weight is 274 g/mol. The Morgan fingerprint density at radius 1 is 1.50 bits per heavy atom. The molecular formula is C13H14N4O3. The number of benzene rings is 1. The number of nitro groups is 1. The lowest BCUT2D eigenvalue weighted by atomic mass is 10.00. The number of rotatable bonds is 6. The number of nitrogens with two attached hydrogens (primary N) is 1. The zero-order valence-corrected chi connectivity index (χ0v) is 11.0. The molecule has 0 fully saturated rings. The van der Waals surface area contributed by atoms with Crippen LogP contribution >= 0.6 is 0 Å². The molecule has 104 valence electrons. The fraction of sp³-hybridized carbons (Fsp3) is 0.385. The zero-order chi connectivity index (χ0) is 15.2. The van der Waals surface area contributed by atoms with E-state index >= 15 is 0 Å². The predicted molar refractivity (Wildman–Crippen MR) is 70.7 cm³/mol. The summed E-state index contributed by atoms with van der Waals surface area (Å²) in [7, 11) is 0. The third-order valence-corrected chi connectivity index (χ3v) is 2.64. The molecule has 0 aliphatic rings.